The SMILES string of the molecule is CCCCCCCc1c(N(c2ccccc2)S(C)(=O)=O)ccc(OC)c1OS(=O)(=O)C(F)(F)F. The van der Waals surface area contributed by atoms with Crippen LogP contribution < -0.4 is 13.2 Å². The Kier molecular flexibility index (Phi) is 9.23. The lowest BCUT2D eigenvalue weighted by atomic mass is 10.0. The monoisotopic (exact) mass is 523 g/mol. The van der Waals surface area contributed by atoms with E-state index in [1.807, 2.05) is 6.92 Å². The smallest absolute Gasteiger partial charge is 0.493 e. The van der Waals surface area contributed by atoms with Crippen molar-refractivity contribution < 1.29 is 38.9 Å². The van der Waals surface area contributed by atoms with E-state index in [4.69, 9.17) is 4.74 Å². The molecule has 0 unspecified atom stereocenters. The normalized spacial score (nSPS) is 12.4. The molecule has 0 saturated heterocycles. The van der Waals surface area contributed by atoms with Crippen LogP contribution in [0.1, 0.15) is 44.6 Å². The van der Waals surface area contributed by atoms with Crippen molar-refractivity contribution in [3.05, 3.63) is 48.0 Å². The van der Waals surface area contributed by atoms with E-state index in [1.165, 1.54) is 24.3 Å². The van der Waals surface area contributed by atoms with Crippen LogP contribution in [-0.2, 0) is 26.6 Å². The standard InChI is InChI=1S/C22H28F3NO6S2/c1-4-5-6-7-11-14-18-19(26(33(3,27)28)17-12-9-8-10-13-17)15-16-20(31-2)21(18)32-34(29,30)22(23,24)25/h8-10,12-13,15-16H,4-7,11,14H2,1-3H3. The van der Waals surface area contributed by atoms with Crippen LogP contribution in [0.5, 0.6) is 11.5 Å². The summed E-state index contributed by atoms with van der Waals surface area (Å²) in [7, 11) is -8.86. The first-order valence-corrected chi connectivity index (χ1v) is 13.8. The van der Waals surface area contributed by atoms with Crippen molar-refractivity contribution >= 4 is 31.5 Å². The van der Waals surface area contributed by atoms with E-state index >= 15 is 0 Å². The molecule has 0 aliphatic rings. The van der Waals surface area contributed by atoms with E-state index in [1.54, 1.807) is 18.2 Å². The molecule has 0 radical (unpaired) electrons. The second-order valence-corrected chi connectivity index (χ2v) is 11.0. The summed E-state index contributed by atoms with van der Waals surface area (Å²) in [5, 5.41) is 0. The van der Waals surface area contributed by atoms with Gasteiger partial charge in [-0.2, -0.15) is 21.6 Å². The molecule has 0 amide bonds. The summed E-state index contributed by atoms with van der Waals surface area (Å²) < 4.78 is 99.2. The molecule has 0 heterocycles. The highest BCUT2D eigenvalue weighted by Crippen LogP contribution is 2.44. The summed E-state index contributed by atoms with van der Waals surface area (Å²) in [5.74, 6) is -0.945. The minimum absolute atomic E-state index is 0.0158. The van der Waals surface area contributed by atoms with Crippen LogP contribution in [0, 0.1) is 0 Å². The molecule has 0 saturated carbocycles. The Morgan fingerprint density at radius 1 is 0.912 bits per heavy atom. The zero-order valence-electron chi connectivity index (χ0n) is 19.1. The molecule has 0 aliphatic heterocycles. The van der Waals surface area contributed by atoms with Gasteiger partial charge in [-0.05, 0) is 37.1 Å². The number of halogens is 3. The summed E-state index contributed by atoms with van der Waals surface area (Å²) in [6, 6.07) is 10.5. The number of unbranched alkanes of at least 4 members (excludes halogenated alkanes) is 4. The van der Waals surface area contributed by atoms with Crippen molar-refractivity contribution in [2.24, 2.45) is 0 Å². The second kappa shape index (κ2) is 11.3. The summed E-state index contributed by atoms with van der Waals surface area (Å²) in [5.41, 5.74) is -5.48. The van der Waals surface area contributed by atoms with Crippen LogP contribution in [0.15, 0.2) is 42.5 Å². The van der Waals surface area contributed by atoms with Crippen LogP contribution in [-0.4, -0.2) is 35.7 Å². The molecular weight excluding hydrogens is 495 g/mol. The number of rotatable bonds is 12. The third-order valence-electron chi connectivity index (χ3n) is 4.97. The van der Waals surface area contributed by atoms with E-state index in [2.05, 4.69) is 4.18 Å². The maximum Gasteiger partial charge on any atom is 0.534 e. The third kappa shape index (κ3) is 6.78. The van der Waals surface area contributed by atoms with Gasteiger partial charge in [0.15, 0.2) is 11.5 Å². The van der Waals surface area contributed by atoms with Gasteiger partial charge in [-0.25, -0.2) is 12.7 Å². The summed E-state index contributed by atoms with van der Waals surface area (Å²) >= 11 is 0. The molecule has 0 fully saturated rings. The summed E-state index contributed by atoms with van der Waals surface area (Å²) in [6.07, 6.45) is 4.98. The third-order valence-corrected chi connectivity index (χ3v) is 6.99. The van der Waals surface area contributed by atoms with Gasteiger partial charge in [-0.15, -0.1) is 0 Å². The van der Waals surface area contributed by atoms with Crippen molar-refractivity contribution in [3.63, 3.8) is 0 Å². The van der Waals surface area contributed by atoms with E-state index in [0.29, 0.717) is 12.8 Å². The van der Waals surface area contributed by atoms with Crippen LogP contribution in [0.25, 0.3) is 0 Å². The Hall–Kier alpha value is -2.47. The van der Waals surface area contributed by atoms with E-state index < -0.39 is 31.4 Å². The van der Waals surface area contributed by atoms with E-state index in [-0.39, 0.29) is 29.1 Å². The molecule has 12 heteroatoms. The maximum absolute atomic E-state index is 13.1. The van der Waals surface area contributed by atoms with E-state index in [0.717, 1.165) is 36.9 Å². The molecule has 7 nitrogen and oxygen atoms in total. The number of sulfonamides is 1. The molecule has 0 spiro atoms. The minimum Gasteiger partial charge on any atom is -0.493 e. The Morgan fingerprint density at radius 3 is 2.06 bits per heavy atom. The van der Waals surface area contributed by atoms with Crippen molar-refractivity contribution in [3.8, 4) is 11.5 Å². The highest BCUT2D eigenvalue weighted by Gasteiger charge is 2.49. The molecule has 0 atom stereocenters. The Morgan fingerprint density at radius 2 is 1.53 bits per heavy atom. The summed E-state index contributed by atoms with van der Waals surface area (Å²) in [6.45, 7) is 2.03. The molecule has 0 N–H and O–H groups in total. The maximum atomic E-state index is 13.1. The lowest BCUT2D eigenvalue weighted by molar-refractivity contribution is -0.0500. The van der Waals surface area contributed by atoms with Gasteiger partial charge in [-0.1, -0.05) is 50.8 Å². The number of para-hydroxylation sites is 1. The van der Waals surface area contributed by atoms with Gasteiger partial charge in [0, 0.05) is 5.56 Å². The number of anilines is 2. The first-order chi connectivity index (χ1) is 15.8. The number of alkyl halides is 3. The number of methoxy groups -OCH3 is 1. The van der Waals surface area contributed by atoms with Crippen LogP contribution in [0.3, 0.4) is 0 Å². The Labute approximate surface area is 198 Å². The summed E-state index contributed by atoms with van der Waals surface area (Å²) in [4.78, 5) is 0. The fourth-order valence-corrected chi connectivity index (χ4v) is 4.94. The van der Waals surface area contributed by atoms with E-state index in [9.17, 15) is 30.0 Å². The fraction of sp³-hybridized carbons (Fsp3) is 0.455. The lowest BCUT2D eigenvalue weighted by Crippen LogP contribution is -2.29. The number of hydrogen-bond donors (Lipinski definition) is 0. The van der Waals surface area contributed by atoms with Crippen LogP contribution in [0.2, 0.25) is 0 Å². The number of benzene rings is 2. The average molecular weight is 524 g/mol. The van der Waals surface area contributed by atoms with Gasteiger partial charge in [0.1, 0.15) is 0 Å². The zero-order chi connectivity index (χ0) is 25.6. The highest BCUT2D eigenvalue weighted by molar-refractivity contribution is 7.92. The van der Waals surface area contributed by atoms with Crippen molar-refractivity contribution in [1.82, 2.24) is 0 Å². The Bertz CT molecular complexity index is 1170. The quantitative estimate of drug-likeness (QED) is 0.206. The molecule has 2 rings (SSSR count). The van der Waals surface area contributed by atoms with Gasteiger partial charge >= 0.3 is 15.6 Å². The van der Waals surface area contributed by atoms with Crippen molar-refractivity contribution in [2.75, 3.05) is 17.7 Å². The molecule has 0 bridgehead atoms. The molecular formula is C22H28F3NO6S2. The molecule has 2 aromatic carbocycles. The Balaban J connectivity index is 2.74. The van der Waals surface area contributed by atoms with Crippen molar-refractivity contribution in [1.29, 1.82) is 0 Å². The van der Waals surface area contributed by atoms with Crippen LogP contribution in [0.4, 0.5) is 24.5 Å². The van der Waals surface area contributed by atoms with Crippen LogP contribution >= 0.6 is 0 Å². The van der Waals surface area contributed by atoms with Crippen molar-refractivity contribution in [2.45, 2.75) is 51.0 Å². The largest absolute Gasteiger partial charge is 0.534 e. The molecule has 0 aliphatic carbocycles. The predicted octanol–water partition coefficient (Wildman–Crippen LogP) is 5.53. The fourth-order valence-electron chi connectivity index (χ4n) is 3.41. The van der Waals surface area contributed by atoms with Gasteiger partial charge < -0.3 is 8.92 Å². The second-order valence-electron chi connectivity index (χ2n) is 7.60. The molecule has 34 heavy (non-hydrogen) atoms. The number of hydrogen-bond acceptors (Lipinski definition) is 6. The molecule has 0 aromatic heterocycles. The first kappa shape index (κ1) is 27.8. The lowest BCUT2D eigenvalue weighted by Gasteiger charge is -2.27. The first-order valence-electron chi connectivity index (χ1n) is 10.6. The average Bonchev–Trinajstić information content (AvgIpc) is 2.74. The zero-order valence-corrected chi connectivity index (χ0v) is 20.8. The predicted molar refractivity (Wildman–Crippen MR) is 124 cm³/mol. The van der Waals surface area contributed by atoms with Gasteiger partial charge in [-0.3, -0.25) is 0 Å². The minimum atomic E-state index is -6.04. The number of ether oxygens (including phenoxy) is 1. The topological polar surface area (TPSA) is 90.0 Å². The van der Waals surface area contributed by atoms with Gasteiger partial charge in [0.2, 0.25) is 10.0 Å². The van der Waals surface area contributed by atoms with Gasteiger partial charge in [0.25, 0.3) is 0 Å². The highest BCUT2D eigenvalue weighted by atomic mass is 32.2. The molecule has 190 valence electrons. The molecule has 2 aromatic rings. The number of nitrogens with zero attached hydrogens (tertiary/aromatic N) is 1. The van der Waals surface area contributed by atoms with Gasteiger partial charge in [0.05, 0.1) is 24.7 Å².